The van der Waals surface area contributed by atoms with E-state index in [9.17, 15) is 0 Å². The molecule has 0 amide bonds. The summed E-state index contributed by atoms with van der Waals surface area (Å²) in [5.74, 6) is 0.803. The Morgan fingerprint density at radius 2 is 1.29 bits per heavy atom. The van der Waals surface area contributed by atoms with Crippen LogP contribution in [0.1, 0.15) is 11.1 Å². The van der Waals surface area contributed by atoms with E-state index in [-0.39, 0.29) is 0 Å². The molecule has 4 aromatic carbocycles. The second-order valence-electron chi connectivity index (χ2n) is 6.57. The van der Waals surface area contributed by atoms with Crippen molar-refractivity contribution >= 4 is 45.9 Å². The minimum atomic E-state index is 0.385. The average molecular weight is 405 g/mol. The number of benzene rings is 4. The standard InChI is InChI=1S/C13H14N2S2.C11H10/c14-12(16)13(15)17-8-9-5-6-10-3-1-2-4-11(10)7-9;1-9-6-7-10-4-2-3-5-11(10)8-9/h1-7,16H,8,14-15H2;2-8H,1H3/b13-12+;. The van der Waals surface area contributed by atoms with Crippen molar-refractivity contribution in [2.24, 2.45) is 11.5 Å². The van der Waals surface area contributed by atoms with Crippen molar-refractivity contribution in [2.75, 3.05) is 0 Å². The molecule has 0 saturated heterocycles. The van der Waals surface area contributed by atoms with Gasteiger partial charge in [-0.2, -0.15) is 0 Å². The van der Waals surface area contributed by atoms with Crippen LogP contribution in [-0.4, -0.2) is 0 Å². The highest BCUT2D eigenvalue weighted by atomic mass is 32.2. The summed E-state index contributed by atoms with van der Waals surface area (Å²) in [5, 5.41) is 6.09. The van der Waals surface area contributed by atoms with Gasteiger partial charge in [-0.05, 0) is 34.0 Å². The molecule has 2 nitrogen and oxygen atoms in total. The van der Waals surface area contributed by atoms with Gasteiger partial charge in [0.1, 0.15) is 0 Å². The summed E-state index contributed by atoms with van der Waals surface area (Å²) in [6, 6.07) is 29.6. The van der Waals surface area contributed by atoms with Gasteiger partial charge in [0.2, 0.25) is 0 Å². The van der Waals surface area contributed by atoms with Gasteiger partial charge >= 0.3 is 0 Å². The predicted molar refractivity (Wildman–Crippen MR) is 128 cm³/mol. The fourth-order valence-electron chi connectivity index (χ4n) is 2.87. The Balaban J connectivity index is 0.000000176. The van der Waals surface area contributed by atoms with E-state index < -0.39 is 0 Å². The van der Waals surface area contributed by atoms with E-state index in [4.69, 9.17) is 11.5 Å². The smallest absolute Gasteiger partial charge is 0.0957 e. The molecule has 0 aliphatic rings. The van der Waals surface area contributed by atoms with Crippen LogP contribution in [0.3, 0.4) is 0 Å². The molecule has 0 aromatic heterocycles. The summed E-state index contributed by atoms with van der Waals surface area (Å²) < 4.78 is 0. The lowest BCUT2D eigenvalue weighted by Gasteiger charge is -2.05. The Kier molecular flexibility index (Phi) is 6.90. The molecule has 0 bridgehead atoms. The maximum Gasteiger partial charge on any atom is 0.0957 e. The molecule has 4 rings (SSSR count). The number of aryl methyl sites for hydroxylation is 1. The van der Waals surface area contributed by atoms with Crippen LogP contribution in [0, 0.1) is 6.92 Å². The molecule has 0 aliphatic carbocycles. The zero-order valence-electron chi connectivity index (χ0n) is 15.8. The molecule has 142 valence electrons. The zero-order valence-corrected chi connectivity index (χ0v) is 17.5. The van der Waals surface area contributed by atoms with Crippen molar-refractivity contribution < 1.29 is 0 Å². The summed E-state index contributed by atoms with van der Waals surface area (Å²) in [6.07, 6.45) is 0. The van der Waals surface area contributed by atoms with E-state index in [2.05, 4.69) is 92.3 Å². The quantitative estimate of drug-likeness (QED) is 0.357. The molecule has 0 saturated carbocycles. The molecule has 4 N–H and O–H groups in total. The van der Waals surface area contributed by atoms with Gasteiger partial charge in [0, 0.05) is 5.75 Å². The van der Waals surface area contributed by atoms with E-state index in [1.165, 1.54) is 44.4 Å². The van der Waals surface area contributed by atoms with Crippen LogP contribution in [-0.2, 0) is 5.75 Å². The van der Waals surface area contributed by atoms with Crippen LogP contribution < -0.4 is 11.5 Å². The molecule has 0 radical (unpaired) electrons. The zero-order chi connectivity index (χ0) is 19.9. The summed E-state index contributed by atoms with van der Waals surface area (Å²) in [7, 11) is 0. The third-order valence-electron chi connectivity index (χ3n) is 4.37. The van der Waals surface area contributed by atoms with Gasteiger partial charge in [0.05, 0.1) is 10.1 Å². The Hall–Kier alpha value is -2.56. The second-order valence-corrected chi connectivity index (χ2v) is 8.07. The third-order valence-corrected chi connectivity index (χ3v) is 5.77. The van der Waals surface area contributed by atoms with E-state index in [0.29, 0.717) is 10.1 Å². The minimum absolute atomic E-state index is 0.385. The molecule has 0 spiro atoms. The molecular formula is C24H24N2S2. The van der Waals surface area contributed by atoms with E-state index in [0.717, 1.165) is 5.75 Å². The molecule has 0 atom stereocenters. The van der Waals surface area contributed by atoms with E-state index >= 15 is 0 Å². The fourth-order valence-corrected chi connectivity index (χ4v) is 3.72. The minimum Gasteiger partial charge on any atom is -0.392 e. The van der Waals surface area contributed by atoms with Crippen molar-refractivity contribution in [1.29, 1.82) is 0 Å². The second kappa shape index (κ2) is 9.58. The number of thiol groups is 1. The van der Waals surface area contributed by atoms with Gasteiger partial charge < -0.3 is 11.5 Å². The lowest BCUT2D eigenvalue weighted by atomic mass is 10.1. The molecule has 4 aromatic rings. The van der Waals surface area contributed by atoms with Crippen molar-refractivity contribution in [3.8, 4) is 0 Å². The van der Waals surface area contributed by atoms with Crippen LogP contribution in [0.4, 0.5) is 0 Å². The largest absolute Gasteiger partial charge is 0.392 e. The Bertz CT molecular complexity index is 1120. The Labute approximate surface area is 176 Å². The maximum atomic E-state index is 5.72. The molecule has 0 fully saturated rings. The fraction of sp³-hybridized carbons (Fsp3) is 0.0833. The molecule has 0 heterocycles. The van der Waals surface area contributed by atoms with Crippen molar-refractivity contribution in [2.45, 2.75) is 12.7 Å². The van der Waals surface area contributed by atoms with Crippen molar-refractivity contribution in [3.63, 3.8) is 0 Å². The topological polar surface area (TPSA) is 52.0 Å². The van der Waals surface area contributed by atoms with Crippen LogP contribution in [0.2, 0.25) is 0 Å². The van der Waals surface area contributed by atoms with Crippen LogP contribution in [0.15, 0.2) is 95.0 Å². The molecule has 0 aliphatic heterocycles. The Morgan fingerprint density at radius 3 is 1.89 bits per heavy atom. The molecule has 0 unspecified atom stereocenters. The summed E-state index contributed by atoms with van der Waals surface area (Å²) in [6.45, 7) is 2.12. The van der Waals surface area contributed by atoms with Crippen molar-refractivity contribution in [1.82, 2.24) is 0 Å². The monoisotopic (exact) mass is 404 g/mol. The van der Waals surface area contributed by atoms with Gasteiger partial charge in [0.25, 0.3) is 0 Å². The highest BCUT2D eigenvalue weighted by molar-refractivity contribution is 8.03. The third kappa shape index (κ3) is 5.47. The highest BCUT2D eigenvalue weighted by Crippen LogP contribution is 2.23. The van der Waals surface area contributed by atoms with Gasteiger partial charge in [0.15, 0.2) is 0 Å². The summed E-state index contributed by atoms with van der Waals surface area (Å²) in [4.78, 5) is 0. The summed E-state index contributed by atoms with van der Waals surface area (Å²) >= 11 is 5.51. The van der Waals surface area contributed by atoms with E-state index in [1.54, 1.807) is 0 Å². The summed E-state index contributed by atoms with van der Waals surface area (Å²) in [5.41, 5.74) is 13.8. The highest BCUT2D eigenvalue weighted by Gasteiger charge is 2.00. The maximum absolute atomic E-state index is 5.72. The van der Waals surface area contributed by atoms with Gasteiger partial charge in [-0.3, -0.25) is 0 Å². The van der Waals surface area contributed by atoms with Gasteiger partial charge in [-0.1, -0.05) is 90.5 Å². The number of rotatable bonds is 3. The molecule has 28 heavy (non-hydrogen) atoms. The molecule has 4 heteroatoms. The number of hydrogen-bond donors (Lipinski definition) is 3. The average Bonchev–Trinajstić information content (AvgIpc) is 2.72. The van der Waals surface area contributed by atoms with E-state index in [1.807, 2.05) is 12.1 Å². The first-order valence-electron chi connectivity index (χ1n) is 9.03. The normalized spacial score (nSPS) is 11.6. The molecular weight excluding hydrogens is 380 g/mol. The van der Waals surface area contributed by atoms with Crippen LogP contribution in [0.5, 0.6) is 0 Å². The number of hydrogen-bond acceptors (Lipinski definition) is 4. The van der Waals surface area contributed by atoms with Gasteiger partial charge in [-0.25, -0.2) is 0 Å². The lowest BCUT2D eigenvalue weighted by Crippen LogP contribution is -2.02. The number of thioether (sulfide) groups is 1. The van der Waals surface area contributed by atoms with Crippen molar-refractivity contribution in [3.05, 3.63) is 106 Å². The first kappa shape index (κ1) is 20.2. The lowest BCUT2D eigenvalue weighted by molar-refractivity contribution is 1.39. The first-order chi connectivity index (χ1) is 13.5. The first-order valence-corrected chi connectivity index (χ1v) is 10.5. The SMILES string of the molecule is Cc1ccc2ccccc2c1.N/C(S)=C(/N)SCc1ccc2ccccc2c1. The van der Waals surface area contributed by atoms with Gasteiger partial charge in [-0.15, -0.1) is 24.4 Å². The number of nitrogens with two attached hydrogens (primary N) is 2. The van der Waals surface area contributed by atoms with Crippen LogP contribution >= 0.6 is 24.4 Å². The van der Waals surface area contributed by atoms with Crippen LogP contribution in [0.25, 0.3) is 21.5 Å². The predicted octanol–water partition coefficient (Wildman–Crippen LogP) is 6.20. The Morgan fingerprint density at radius 1 is 0.750 bits per heavy atom. The number of fused-ring (bicyclic) bond motifs is 2.